The lowest BCUT2D eigenvalue weighted by Gasteiger charge is -2.29. The first-order valence-electron chi connectivity index (χ1n) is 6.08. The van der Waals surface area contributed by atoms with Gasteiger partial charge in [0.05, 0.1) is 11.1 Å². The average Bonchev–Trinajstić information content (AvgIpc) is 2.38. The van der Waals surface area contributed by atoms with E-state index in [-0.39, 0.29) is 5.56 Å². The highest BCUT2D eigenvalue weighted by atomic mass is 19.4. The van der Waals surface area contributed by atoms with E-state index in [1.54, 1.807) is 0 Å². The molecule has 0 unspecified atom stereocenters. The summed E-state index contributed by atoms with van der Waals surface area (Å²) in [5.74, 6) is -1.34. The number of nitrogens with zero attached hydrogens (tertiary/aromatic N) is 1. The fourth-order valence-corrected chi connectivity index (χ4v) is 2.23. The van der Waals surface area contributed by atoms with E-state index in [0.717, 1.165) is 25.3 Å². The smallest absolute Gasteiger partial charge is 0.416 e. The molecule has 19 heavy (non-hydrogen) atoms. The quantitative estimate of drug-likeness (QED) is 0.897. The number of halogens is 3. The molecule has 1 aromatic rings. The van der Waals surface area contributed by atoms with Gasteiger partial charge < -0.3 is 10.0 Å². The molecule has 0 atom stereocenters. The maximum absolute atomic E-state index is 12.8. The number of carbonyl (C=O) groups is 1. The fraction of sp³-hybridized carbons (Fsp3) is 0.462. The van der Waals surface area contributed by atoms with E-state index >= 15 is 0 Å². The van der Waals surface area contributed by atoms with Crippen molar-refractivity contribution in [2.45, 2.75) is 25.4 Å². The van der Waals surface area contributed by atoms with Gasteiger partial charge in [-0.05, 0) is 37.5 Å². The minimum atomic E-state index is -4.53. The molecule has 1 saturated heterocycles. The Morgan fingerprint density at radius 3 is 2.26 bits per heavy atom. The molecule has 3 nitrogen and oxygen atoms in total. The van der Waals surface area contributed by atoms with Crippen LogP contribution in [-0.2, 0) is 6.18 Å². The third-order valence-electron chi connectivity index (χ3n) is 3.21. The Balaban J connectivity index is 2.41. The number of carboxylic acid groups (broad SMARTS) is 1. The normalized spacial score (nSPS) is 16.5. The lowest BCUT2D eigenvalue weighted by atomic mass is 10.1. The molecular formula is C13H14F3NO2. The Morgan fingerprint density at radius 1 is 1.11 bits per heavy atom. The van der Waals surface area contributed by atoms with Crippen molar-refractivity contribution >= 4 is 11.7 Å². The zero-order valence-electron chi connectivity index (χ0n) is 10.2. The van der Waals surface area contributed by atoms with Crippen LogP contribution in [0.5, 0.6) is 0 Å². The number of aromatic carboxylic acids is 1. The van der Waals surface area contributed by atoms with E-state index in [1.807, 2.05) is 4.90 Å². The maximum atomic E-state index is 12.8. The highest BCUT2D eigenvalue weighted by Gasteiger charge is 2.32. The second-order valence-electron chi connectivity index (χ2n) is 4.62. The molecule has 1 fully saturated rings. The standard InChI is InChI=1S/C13H14F3NO2/c14-13(15,16)10-6-9(12(18)19)7-11(8-10)17-4-2-1-3-5-17/h6-8H,1-5H2,(H,18,19). The molecule has 0 radical (unpaired) electrons. The van der Waals surface area contributed by atoms with Gasteiger partial charge in [-0.1, -0.05) is 0 Å². The molecule has 1 N–H and O–H groups in total. The largest absolute Gasteiger partial charge is 0.478 e. The van der Waals surface area contributed by atoms with E-state index in [4.69, 9.17) is 5.11 Å². The lowest BCUT2D eigenvalue weighted by Crippen LogP contribution is -2.29. The molecule has 1 aromatic carbocycles. The second kappa shape index (κ2) is 5.11. The van der Waals surface area contributed by atoms with Crippen molar-refractivity contribution in [3.05, 3.63) is 29.3 Å². The summed E-state index contributed by atoms with van der Waals surface area (Å²) in [6.07, 6.45) is -1.64. The molecule has 0 bridgehead atoms. The van der Waals surface area contributed by atoms with Crippen molar-refractivity contribution in [2.75, 3.05) is 18.0 Å². The fourth-order valence-electron chi connectivity index (χ4n) is 2.23. The Morgan fingerprint density at radius 2 is 1.74 bits per heavy atom. The molecule has 1 aliphatic heterocycles. The van der Waals surface area contributed by atoms with Gasteiger partial charge in [0.25, 0.3) is 0 Å². The minimum Gasteiger partial charge on any atom is -0.478 e. The van der Waals surface area contributed by atoms with Crippen molar-refractivity contribution in [1.82, 2.24) is 0 Å². The zero-order valence-corrected chi connectivity index (χ0v) is 10.2. The predicted molar refractivity (Wildman–Crippen MR) is 64.5 cm³/mol. The SMILES string of the molecule is O=C(O)c1cc(N2CCCCC2)cc(C(F)(F)F)c1. The van der Waals surface area contributed by atoms with Gasteiger partial charge in [-0.15, -0.1) is 0 Å². The number of carboxylic acids is 1. The Hall–Kier alpha value is -1.72. The average molecular weight is 273 g/mol. The van der Waals surface area contributed by atoms with Gasteiger partial charge >= 0.3 is 12.1 Å². The molecule has 0 saturated carbocycles. The maximum Gasteiger partial charge on any atom is 0.416 e. The van der Waals surface area contributed by atoms with Crippen LogP contribution < -0.4 is 4.90 Å². The summed E-state index contributed by atoms with van der Waals surface area (Å²) in [6.45, 7) is 1.33. The first-order chi connectivity index (χ1) is 8.88. The summed E-state index contributed by atoms with van der Waals surface area (Å²) in [6, 6.07) is 3.01. The van der Waals surface area contributed by atoms with E-state index in [0.29, 0.717) is 24.8 Å². The van der Waals surface area contributed by atoms with Crippen molar-refractivity contribution in [3.63, 3.8) is 0 Å². The van der Waals surface area contributed by atoms with Crippen LogP contribution in [0.25, 0.3) is 0 Å². The molecule has 0 amide bonds. The number of piperidine rings is 1. The number of benzene rings is 1. The third kappa shape index (κ3) is 3.19. The second-order valence-corrected chi connectivity index (χ2v) is 4.62. The van der Waals surface area contributed by atoms with Crippen LogP contribution in [0.2, 0.25) is 0 Å². The molecular weight excluding hydrogens is 259 g/mol. The lowest BCUT2D eigenvalue weighted by molar-refractivity contribution is -0.137. The molecule has 2 rings (SSSR count). The Kier molecular flexibility index (Phi) is 3.68. The molecule has 1 aliphatic rings. The topological polar surface area (TPSA) is 40.5 Å². The molecule has 1 heterocycles. The van der Waals surface area contributed by atoms with Gasteiger partial charge in [-0.3, -0.25) is 0 Å². The van der Waals surface area contributed by atoms with E-state index in [9.17, 15) is 18.0 Å². The molecule has 104 valence electrons. The number of alkyl halides is 3. The van der Waals surface area contributed by atoms with Gasteiger partial charge in [-0.25, -0.2) is 4.79 Å². The monoisotopic (exact) mass is 273 g/mol. The van der Waals surface area contributed by atoms with Gasteiger partial charge in [0.1, 0.15) is 0 Å². The van der Waals surface area contributed by atoms with Crippen molar-refractivity contribution in [3.8, 4) is 0 Å². The predicted octanol–water partition coefficient (Wildman–Crippen LogP) is 3.39. The number of anilines is 1. The van der Waals surface area contributed by atoms with Crippen LogP contribution in [-0.4, -0.2) is 24.2 Å². The third-order valence-corrected chi connectivity index (χ3v) is 3.21. The number of rotatable bonds is 2. The zero-order chi connectivity index (χ0) is 14.0. The summed E-state index contributed by atoms with van der Waals surface area (Å²) in [5.41, 5.74) is -0.893. The molecule has 6 heteroatoms. The summed E-state index contributed by atoms with van der Waals surface area (Å²) in [7, 11) is 0. The van der Waals surface area contributed by atoms with Crippen molar-refractivity contribution in [1.29, 1.82) is 0 Å². The van der Waals surface area contributed by atoms with Crippen LogP contribution in [0, 0.1) is 0 Å². The first kappa shape index (κ1) is 13.7. The van der Waals surface area contributed by atoms with Crippen molar-refractivity contribution in [2.24, 2.45) is 0 Å². The highest BCUT2D eigenvalue weighted by molar-refractivity contribution is 5.89. The van der Waals surface area contributed by atoms with E-state index in [2.05, 4.69) is 0 Å². The van der Waals surface area contributed by atoms with Gasteiger partial charge in [0.15, 0.2) is 0 Å². The summed E-state index contributed by atoms with van der Waals surface area (Å²) < 4.78 is 38.3. The number of hydrogen-bond acceptors (Lipinski definition) is 2. The van der Waals surface area contributed by atoms with Crippen LogP contribution >= 0.6 is 0 Å². The van der Waals surface area contributed by atoms with Crippen LogP contribution in [0.1, 0.15) is 35.2 Å². The van der Waals surface area contributed by atoms with E-state index in [1.165, 1.54) is 6.07 Å². The Bertz CT molecular complexity index is 479. The van der Waals surface area contributed by atoms with Crippen LogP contribution in [0.4, 0.5) is 18.9 Å². The van der Waals surface area contributed by atoms with E-state index < -0.39 is 17.7 Å². The summed E-state index contributed by atoms with van der Waals surface area (Å²) in [4.78, 5) is 12.7. The highest BCUT2D eigenvalue weighted by Crippen LogP contribution is 2.33. The molecule has 0 aliphatic carbocycles. The number of hydrogen-bond donors (Lipinski definition) is 1. The first-order valence-corrected chi connectivity index (χ1v) is 6.08. The molecule has 0 spiro atoms. The minimum absolute atomic E-state index is 0.324. The Labute approximate surface area is 108 Å². The van der Waals surface area contributed by atoms with Crippen molar-refractivity contribution < 1.29 is 23.1 Å². The summed E-state index contributed by atoms with van der Waals surface area (Å²) in [5, 5.41) is 8.91. The summed E-state index contributed by atoms with van der Waals surface area (Å²) >= 11 is 0. The van der Waals surface area contributed by atoms with Crippen LogP contribution in [0.15, 0.2) is 18.2 Å². The van der Waals surface area contributed by atoms with Gasteiger partial charge in [-0.2, -0.15) is 13.2 Å². The van der Waals surface area contributed by atoms with Gasteiger partial charge in [0, 0.05) is 18.8 Å². The molecule has 0 aromatic heterocycles. The van der Waals surface area contributed by atoms with Gasteiger partial charge in [0.2, 0.25) is 0 Å². The van der Waals surface area contributed by atoms with Crippen LogP contribution in [0.3, 0.4) is 0 Å².